The minimum atomic E-state index is -1.03. The van der Waals surface area contributed by atoms with Crippen molar-refractivity contribution < 1.29 is 19.1 Å². The average Bonchev–Trinajstić information content (AvgIpc) is 2.76. The number of likely N-dealkylation sites (tertiary alicyclic amines) is 1. The van der Waals surface area contributed by atoms with Gasteiger partial charge in [0.05, 0.1) is 6.42 Å². The molecule has 1 N–H and O–H groups in total. The molecule has 1 fully saturated rings. The number of carboxylic acids is 1. The molecule has 6 heteroatoms. The monoisotopic (exact) mass is 299 g/mol. The second-order valence-electron chi connectivity index (χ2n) is 5.01. The van der Waals surface area contributed by atoms with Gasteiger partial charge in [0.15, 0.2) is 0 Å². The van der Waals surface area contributed by atoms with Crippen molar-refractivity contribution in [1.82, 2.24) is 4.90 Å². The highest BCUT2D eigenvalue weighted by atomic mass is 35.5. The van der Waals surface area contributed by atoms with Crippen molar-refractivity contribution in [3.8, 4) is 0 Å². The fourth-order valence-electron chi connectivity index (χ4n) is 2.56. The van der Waals surface area contributed by atoms with Crippen LogP contribution in [-0.4, -0.2) is 34.5 Å². The van der Waals surface area contributed by atoms with Crippen molar-refractivity contribution in [2.45, 2.75) is 25.8 Å². The van der Waals surface area contributed by atoms with E-state index in [1.54, 1.807) is 6.92 Å². The molecule has 108 valence electrons. The molecule has 1 saturated heterocycles. The average molecular weight is 300 g/mol. The van der Waals surface area contributed by atoms with Crippen LogP contribution in [0.25, 0.3) is 0 Å². The van der Waals surface area contributed by atoms with Crippen molar-refractivity contribution in [2.24, 2.45) is 5.92 Å². The molecule has 2 unspecified atom stereocenters. The summed E-state index contributed by atoms with van der Waals surface area (Å²) in [7, 11) is 0. The molecular formula is C14H15ClFNO3. The van der Waals surface area contributed by atoms with Crippen LogP contribution in [-0.2, 0) is 16.0 Å². The Bertz CT molecular complexity index is 529. The van der Waals surface area contributed by atoms with Gasteiger partial charge in [0.2, 0.25) is 5.91 Å². The maximum atomic E-state index is 13.7. The summed E-state index contributed by atoms with van der Waals surface area (Å²) in [5.74, 6) is -2.09. The van der Waals surface area contributed by atoms with E-state index in [4.69, 9.17) is 11.6 Å². The van der Waals surface area contributed by atoms with Crippen LogP contribution >= 0.6 is 11.6 Å². The number of carbonyl (C=O) groups excluding carboxylic acids is 1. The minimum Gasteiger partial charge on any atom is -0.480 e. The number of carboxylic acid groups (broad SMARTS) is 1. The van der Waals surface area contributed by atoms with Gasteiger partial charge in [-0.3, -0.25) is 4.79 Å². The van der Waals surface area contributed by atoms with Gasteiger partial charge in [-0.15, -0.1) is 0 Å². The summed E-state index contributed by atoms with van der Waals surface area (Å²) in [6.45, 7) is 2.17. The van der Waals surface area contributed by atoms with E-state index in [-0.39, 0.29) is 22.9 Å². The van der Waals surface area contributed by atoms with Gasteiger partial charge < -0.3 is 10.0 Å². The van der Waals surface area contributed by atoms with Crippen LogP contribution in [0, 0.1) is 11.7 Å². The first-order valence-electron chi connectivity index (χ1n) is 6.37. The Morgan fingerprint density at radius 2 is 2.20 bits per heavy atom. The molecule has 1 aliphatic rings. The maximum Gasteiger partial charge on any atom is 0.326 e. The number of benzene rings is 1. The van der Waals surface area contributed by atoms with Gasteiger partial charge in [-0.25, -0.2) is 9.18 Å². The number of carbonyl (C=O) groups is 2. The van der Waals surface area contributed by atoms with Crippen LogP contribution in [0.3, 0.4) is 0 Å². The summed E-state index contributed by atoms with van der Waals surface area (Å²) in [5.41, 5.74) is 0.114. The van der Waals surface area contributed by atoms with Gasteiger partial charge in [0.1, 0.15) is 11.9 Å². The molecular weight excluding hydrogens is 285 g/mol. The topological polar surface area (TPSA) is 57.6 Å². The summed E-state index contributed by atoms with van der Waals surface area (Å²) >= 11 is 5.88. The first-order valence-corrected chi connectivity index (χ1v) is 6.74. The third-order valence-electron chi connectivity index (χ3n) is 3.66. The highest BCUT2D eigenvalue weighted by molar-refractivity contribution is 6.31. The Balaban J connectivity index is 2.18. The van der Waals surface area contributed by atoms with Gasteiger partial charge in [-0.05, 0) is 24.5 Å². The molecule has 0 saturated carbocycles. The van der Waals surface area contributed by atoms with Crippen molar-refractivity contribution in [3.63, 3.8) is 0 Å². The van der Waals surface area contributed by atoms with Crippen LogP contribution in [0.4, 0.5) is 4.39 Å². The third-order valence-corrected chi connectivity index (χ3v) is 4.02. The molecule has 1 amide bonds. The molecule has 2 atom stereocenters. The minimum absolute atomic E-state index is 0.104. The molecule has 1 heterocycles. The van der Waals surface area contributed by atoms with Crippen molar-refractivity contribution in [2.75, 3.05) is 6.54 Å². The van der Waals surface area contributed by atoms with E-state index in [0.717, 1.165) is 0 Å². The molecule has 20 heavy (non-hydrogen) atoms. The quantitative estimate of drug-likeness (QED) is 0.932. The smallest absolute Gasteiger partial charge is 0.326 e. The molecule has 0 aromatic heterocycles. The van der Waals surface area contributed by atoms with E-state index in [1.165, 1.54) is 23.1 Å². The molecule has 1 aromatic rings. The van der Waals surface area contributed by atoms with Crippen LogP contribution in [0.5, 0.6) is 0 Å². The first-order chi connectivity index (χ1) is 9.41. The molecule has 4 nitrogen and oxygen atoms in total. The zero-order valence-corrected chi connectivity index (χ0v) is 11.7. The molecule has 1 aromatic carbocycles. The normalized spacial score (nSPS) is 22.1. The van der Waals surface area contributed by atoms with E-state index in [0.29, 0.717) is 13.0 Å². The summed E-state index contributed by atoms with van der Waals surface area (Å²) in [6, 6.07) is 3.36. The number of hydrogen-bond donors (Lipinski definition) is 1. The predicted molar refractivity (Wildman–Crippen MR) is 72.0 cm³/mol. The second kappa shape index (κ2) is 5.79. The van der Waals surface area contributed by atoms with Gasteiger partial charge in [0, 0.05) is 17.1 Å². The Labute approximate surface area is 121 Å². The van der Waals surface area contributed by atoms with Gasteiger partial charge in [-0.2, -0.15) is 0 Å². The Hall–Kier alpha value is -1.62. The van der Waals surface area contributed by atoms with Crippen molar-refractivity contribution in [1.29, 1.82) is 0 Å². The zero-order valence-electron chi connectivity index (χ0n) is 11.0. The van der Waals surface area contributed by atoms with Gasteiger partial charge >= 0.3 is 5.97 Å². The lowest BCUT2D eigenvalue weighted by Crippen LogP contribution is -2.43. The van der Waals surface area contributed by atoms with Crippen LogP contribution < -0.4 is 0 Å². The summed E-state index contributed by atoms with van der Waals surface area (Å²) in [4.78, 5) is 24.7. The first kappa shape index (κ1) is 14.8. The summed E-state index contributed by atoms with van der Waals surface area (Å²) in [6.07, 6.45) is 0.412. The SMILES string of the molecule is CC1CCN(C(=O)Cc2c(F)cccc2Cl)C1C(=O)O. The molecule has 0 radical (unpaired) electrons. The molecule has 2 rings (SSSR count). The number of rotatable bonds is 3. The van der Waals surface area contributed by atoms with Gasteiger partial charge in [0.25, 0.3) is 0 Å². The fraction of sp³-hybridized carbons (Fsp3) is 0.429. The number of hydrogen-bond acceptors (Lipinski definition) is 2. The summed E-state index contributed by atoms with van der Waals surface area (Å²) < 4.78 is 13.7. The lowest BCUT2D eigenvalue weighted by Gasteiger charge is -2.23. The second-order valence-corrected chi connectivity index (χ2v) is 5.42. The highest BCUT2D eigenvalue weighted by Gasteiger charge is 2.39. The maximum absolute atomic E-state index is 13.7. The zero-order chi connectivity index (χ0) is 14.9. The van der Waals surface area contributed by atoms with E-state index >= 15 is 0 Å². The van der Waals surface area contributed by atoms with Gasteiger partial charge in [-0.1, -0.05) is 24.6 Å². The Morgan fingerprint density at radius 3 is 2.80 bits per heavy atom. The van der Waals surface area contributed by atoms with E-state index in [9.17, 15) is 19.1 Å². The number of amides is 1. The Kier molecular flexibility index (Phi) is 4.28. The fourth-order valence-corrected chi connectivity index (χ4v) is 2.79. The Morgan fingerprint density at radius 1 is 1.50 bits per heavy atom. The van der Waals surface area contributed by atoms with E-state index in [2.05, 4.69) is 0 Å². The molecule has 0 bridgehead atoms. The highest BCUT2D eigenvalue weighted by Crippen LogP contribution is 2.26. The molecule has 0 aliphatic carbocycles. The predicted octanol–water partition coefficient (Wildman–Crippen LogP) is 2.34. The lowest BCUT2D eigenvalue weighted by atomic mass is 10.0. The van der Waals surface area contributed by atoms with Crippen molar-refractivity contribution >= 4 is 23.5 Å². The summed E-state index contributed by atoms with van der Waals surface area (Å²) in [5, 5.41) is 9.36. The standard InChI is InChI=1S/C14H15ClFNO3/c1-8-5-6-17(13(8)14(19)20)12(18)7-9-10(15)3-2-4-11(9)16/h2-4,8,13H,5-7H2,1H3,(H,19,20). The van der Waals surface area contributed by atoms with E-state index in [1.807, 2.05) is 0 Å². The van der Waals surface area contributed by atoms with Crippen LogP contribution in [0.15, 0.2) is 18.2 Å². The lowest BCUT2D eigenvalue weighted by molar-refractivity contribution is -0.149. The third kappa shape index (κ3) is 2.77. The van der Waals surface area contributed by atoms with Crippen LogP contribution in [0.1, 0.15) is 18.9 Å². The van der Waals surface area contributed by atoms with E-state index < -0.39 is 23.7 Å². The van der Waals surface area contributed by atoms with Crippen molar-refractivity contribution in [3.05, 3.63) is 34.6 Å². The molecule has 1 aliphatic heterocycles. The number of nitrogens with zero attached hydrogens (tertiary/aromatic N) is 1. The largest absolute Gasteiger partial charge is 0.480 e. The molecule has 0 spiro atoms. The number of halogens is 2. The van der Waals surface area contributed by atoms with Crippen LogP contribution in [0.2, 0.25) is 5.02 Å². The number of aliphatic carboxylic acids is 1.